The number of methoxy groups -OCH3 is 2. The molecule has 0 aliphatic heterocycles. The molecule has 34 heavy (non-hydrogen) atoms. The third-order valence-corrected chi connectivity index (χ3v) is 5.37. The first-order valence-electron chi connectivity index (χ1n) is 10.7. The molecule has 174 valence electrons. The quantitative estimate of drug-likeness (QED) is 0.339. The van der Waals surface area contributed by atoms with Gasteiger partial charge in [-0.3, -0.25) is 0 Å². The SMILES string of the molecule is C=CCCc1nc(O)c(-c2nnc(Cc3ccccc3)o2)c(O)c1-c1c(OC)cccc1OC. The van der Waals surface area contributed by atoms with E-state index < -0.39 is 5.88 Å². The summed E-state index contributed by atoms with van der Waals surface area (Å²) in [4.78, 5) is 4.38. The van der Waals surface area contributed by atoms with Crippen LogP contribution < -0.4 is 9.47 Å². The van der Waals surface area contributed by atoms with Gasteiger partial charge in [-0.2, -0.15) is 0 Å². The molecule has 0 unspecified atom stereocenters. The van der Waals surface area contributed by atoms with Crippen LogP contribution >= 0.6 is 0 Å². The predicted octanol–water partition coefficient (Wildman–Crippen LogP) is 4.94. The zero-order chi connectivity index (χ0) is 24.1. The molecule has 2 aromatic heterocycles. The lowest BCUT2D eigenvalue weighted by Crippen LogP contribution is -2.01. The molecule has 0 aliphatic carbocycles. The van der Waals surface area contributed by atoms with Gasteiger partial charge in [-0.1, -0.05) is 42.5 Å². The van der Waals surface area contributed by atoms with Crippen molar-refractivity contribution in [2.75, 3.05) is 14.2 Å². The average Bonchev–Trinajstić information content (AvgIpc) is 3.30. The largest absolute Gasteiger partial charge is 0.506 e. The molecule has 0 amide bonds. The molecule has 2 heterocycles. The molecule has 4 rings (SSSR count). The van der Waals surface area contributed by atoms with Crippen LogP contribution in [0.2, 0.25) is 0 Å². The number of allylic oxidation sites excluding steroid dienone is 1. The molecule has 8 nitrogen and oxygen atoms in total. The number of pyridine rings is 1. The molecule has 2 aromatic carbocycles. The number of nitrogens with zero attached hydrogens (tertiary/aromatic N) is 3. The summed E-state index contributed by atoms with van der Waals surface area (Å²) in [6.07, 6.45) is 3.15. The molecule has 0 bridgehead atoms. The highest BCUT2D eigenvalue weighted by atomic mass is 16.5. The number of rotatable bonds is 9. The van der Waals surface area contributed by atoms with Gasteiger partial charge in [0.1, 0.15) is 22.8 Å². The van der Waals surface area contributed by atoms with Crippen molar-refractivity contribution in [3.8, 4) is 45.7 Å². The second-order valence-electron chi connectivity index (χ2n) is 7.51. The van der Waals surface area contributed by atoms with Crippen molar-refractivity contribution in [2.45, 2.75) is 19.3 Å². The fraction of sp³-hybridized carbons (Fsp3) is 0.192. The van der Waals surface area contributed by atoms with E-state index in [0.29, 0.717) is 53.5 Å². The van der Waals surface area contributed by atoms with Crippen LogP contribution in [0.4, 0.5) is 0 Å². The first-order valence-corrected chi connectivity index (χ1v) is 10.7. The highest BCUT2D eigenvalue weighted by Crippen LogP contribution is 2.49. The normalized spacial score (nSPS) is 10.8. The maximum atomic E-state index is 11.4. The second-order valence-corrected chi connectivity index (χ2v) is 7.51. The van der Waals surface area contributed by atoms with E-state index in [-0.39, 0.29) is 17.2 Å². The molecule has 8 heteroatoms. The third-order valence-electron chi connectivity index (χ3n) is 5.37. The lowest BCUT2D eigenvalue weighted by atomic mass is 9.96. The van der Waals surface area contributed by atoms with E-state index in [4.69, 9.17) is 13.9 Å². The zero-order valence-electron chi connectivity index (χ0n) is 19.0. The molecule has 0 radical (unpaired) electrons. The molecule has 4 aromatic rings. The Morgan fingerprint density at radius 1 is 0.912 bits per heavy atom. The molecule has 0 fully saturated rings. The van der Waals surface area contributed by atoms with Gasteiger partial charge in [0.25, 0.3) is 5.89 Å². The van der Waals surface area contributed by atoms with Crippen LogP contribution in [0.15, 0.2) is 65.6 Å². The number of hydrogen-bond donors (Lipinski definition) is 2. The van der Waals surface area contributed by atoms with E-state index in [0.717, 1.165) is 5.56 Å². The van der Waals surface area contributed by atoms with Crippen LogP contribution in [0, 0.1) is 0 Å². The van der Waals surface area contributed by atoms with Gasteiger partial charge in [0.2, 0.25) is 11.8 Å². The average molecular weight is 460 g/mol. The Bertz CT molecular complexity index is 1280. The van der Waals surface area contributed by atoms with Gasteiger partial charge in [-0.05, 0) is 30.5 Å². The highest BCUT2D eigenvalue weighted by Gasteiger charge is 2.28. The van der Waals surface area contributed by atoms with E-state index in [9.17, 15) is 10.2 Å². The third kappa shape index (κ3) is 4.43. The molecule has 0 atom stereocenters. The van der Waals surface area contributed by atoms with Gasteiger partial charge < -0.3 is 24.1 Å². The summed E-state index contributed by atoms with van der Waals surface area (Å²) >= 11 is 0. The number of aromatic nitrogens is 3. The van der Waals surface area contributed by atoms with Gasteiger partial charge in [-0.25, -0.2) is 4.98 Å². The smallest absolute Gasteiger partial charge is 0.257 e. The van der Waals surface area contributed by atoms with Crippen molar-refractivity contribution >= 4 is 0 Å². The van der Waals surface area contributed by atoms with Crippen molar-refractivity contribution in [2.24, 2.45) is 0 Å². The molecule has 0 spiro atoms. The summed E-state index contributed by atoms with van der Waals surface area (Å²) in [6, 6.07) is 14.9. The first-order chi connectivity index (χ1) is 16.6. The van der Waals surface area contributed by atoms with Crippen LogP contribution in [0.25, 0.3) is 22.6 Å². The van der Waals surface area contributed by atoms with Crippen molar-refractivity contribution in [3.05, 3.63) is 78.3 Å². The monoisotopic (exact) mass is 459 g/mol. The molecule has 0 aliphatic rings. The van der Waals surface area contributed by atoms with Crippen LogP contribution in [0.3, 0.4) is 0 Å². The fourth-order valence-corrected chi connectivity index (χ4v) is 3.78. The Morgan fingerprint density at radius 3 is 2.26 bits per heavy atom. The summed E-state index contributed by atoms with van der Waals surface area (Å²) in [5.74, 6) is 0.575. The van der Waals surface area contributed by atoms with E-state index >= 15 is 0 Å². The van der Waals surface area contributed by atoms with Gasteiger partial charge in [0, 0.05) is 0 Å². The Hall–Kier alpha value is -4.33. The Morgan fingerprint density at radius 2 is 1.62 bits per heavy atom. The maximum Gasteiger partial charge on any atom is 0.257 e. The number of hydrogen-bond acceptors (Lipinski definition) is 8. The molecule has 0 saturated carbocycles. The minimum atomic E-state index is -0.413. The lowest BCUT2D eigenvalue weighted by Gasteiger charge is -2.18. The number of aromatic hydroxyl groups is 2. The second kappa shape index (κ2) is 10.1. The summed E-state index contributed by atoms with van der Waals surface area (Å²) in [6.45, 7) is 3.76. The minimum absolute atomic E-state index is 0.0428. The molecule has 2 N–H and O–H groups in total. The Labute approximate surface area is 197 Å². The Kier molecular flexibility index (Phi) is 6.77. The van der Waals surface area contributed by atoms with E-state index in [1.807, 2.05) is 30.3 Å². The standard InChI is InChI=1S/C26H25N3O5/c1-4-5-12-17-21(22-18(32-2)13-9-14-19(22)33-3)24(30)23(25(31)27-17)26-29-28-20(34-26)15-16-10-7-6-8-11-16/h4,6-11,13-14H,1,5,12,15H2,2-3H3,(H2,27,30,31). The first kappa shape index (κ1) is 22.8. The van der Waals surface area contributed by atoms with Crippen LogP contribution in [-0.2, 0) is 12.8 Å². The Balaban J connectivity index is 1.88. The van der Waals surface area contributed by atoms with Crippen molar-refractivity contribution < 1.29 is 24.1 Å². The molecular formula is C26H25N3O5. The highest BCUT2D eigenvalue weighted by molar-refractivity contribution is 5.88. The number of benzene rings is 2. The van der Waals surface area contributed by atoms with Crippen LogP contribution in [-0.4, -0.2) is 39.6 Å². The zero-order valence-corrected chi connectivity index (χ0v) is 19.0. The van der Waals surface area contributed by atoms with E-state index in [2.05, 4.69) is 21.8 Å². The number of aryl methyl sites for hydroxylation is 1. The number of ether oxygens (including phenoxy) is 2. The topological polar surface area (TPSA) is 111 Å². The summed E-state index contributed by atoms with van der Waals surface area (Å²) in [5, 5.41) is 30.3. The summed E-state index contributed by atoms with van der Waals surface area (Å²) in [7, 11) is 3.06. The van der Waals surface area contributed by atoms with Crippen LogP contribution in [0.5, 0.6) is 23.1 Å². The summed E-state index contributed by atoms with van der Waals surface area (Å²) < 4.78 is 16.9. The molecule has 0 saturated heterocycles. The van der Waals surface area contributed by atoms with Crippen molar-refractivity contribution in [3.63, 3.8) is 0 Å². The van der Waals surface area contributed by atoms with E-state index in [1.54, 1.807) is 24.3 Å². The van der Waals surface area contributed by atoms with Crippen LogP contribution in [0.1, 0.15) is 23.6 Å². The summed E-state index contributed by atoms with van der Waals surface area (Å²) in [5.41, 5.74) is 2.24. The van der Waals surface area contributed by atoms with Gasteiger partial charge >= 0.3 is 0 Å². The fourth-order valence-electron chi connectivity index (χ4n) is 3.78. The maximum absolute atomic E-state index is 11.4. The van der Waals surface area contributed by atoms with Gasteiger partial charge in [0.05, 0.1) is 37.5 Å². The van der Waals surface area contributed by atoms with Crippen molar-refractivity contribution in [1.82, 2.24) is 15.2 Å². The minimum Gasteiger partial charge on any atom is -0.506 e. The predicted molar refractivity (Wildman–Crippen MR) is 127 cm³/mol. The lowest BCUT2D eigenvalue weighted by molar-refractivity contribution is 0.395. The van der Waals surface area contributed by atoms with Gasteiger partial charge in [0.15, 0.2) is 0 Å². The van der Waals surface area contributed by atoms with E-state index in [1.165, 1.54) is 14.2 Å². The van der Waals surface area contributed by atoms with Gasteiger partial charge in [-0.15, -0.1) is 16.8 Å². The molecular weight excluding hydrogens is 434 g/mol. The van der Waals surface area contributed by atoms with Crippen molar-refractivity contribution in [1.29, 1.82) is 0 Å².